The first-order chi connectivity index (χ1) is 7.52. The van der Waals surface area contributed by atoms with Crippen molar-refractivity contribution < 1.29 is 22.7 Å². The van der Waals surface area contributed by atoms with Crippen LogP contribution >= 0.6 is 11.6 Å². The normalized spacial score (nSPS) is 10.3. The molecule has 88 valence electrons. The van der Waals surface area contributed by atoms with E-state index < -0.39 is 18.3 Å². The average Bonchev–Trinajstić information content (AvgIpc) is 2.21. The maximum absolute atomic E-state index is 12.8. The van der Waals surface area contributed by atoms with E-state index in [1.165, 1.54) is 0 Å². The summed E-state index contributed by atoms with van der Waals surface area (Å²) < 4.78 is 40.8. The summed E-state index contributed by atoms with van der Waals surface area (Å²) in [5.74, 6) is -2.03. The summed E-state index contributed by atoms with van der Waals surface area (Å²) >= 11 is 5.20. The first-order valence-corrected chi connectivity index (χ1v) is 4.66. The van der Waals surface area contributed by atoms with Crippen LogP contribution in [-0.4, -0.2) is 18.4 Å². The molecule has 0 unspecified atom stereocenters. The van der Waals surface area contributed by atoms with Gasteiger partial charge in [-0.15, -0.1) is 11.6 Å². The number of rotatable bonds is 4. The molecule has 16 heavy (non-hydrogen) atoms. The predicted octanol–water partition coefficient (Wildman–Crippen LogP) is 2.60. The molecule has 0 radical (unpaired) electrons. The van der Waals surface area contributed by atoms with Crippen molar-refractivity contribution in [2.24, 2.45) is 0 Å². The van der Waals surface area contributed by atoms with Crippen molar-refractivity contribution in [1.29, 1.82) is 0 Å². The summed E-state index contributed by atoms with van der Waals surface area (Å²) in [4.78, 5) is 10.9. The fourth-order valence-electron chi connectivity index (χ4n) is 0.982. The van der Waals surface area contributed by atoms with Crippen LogP contribution in [0.5, 0.6) is 5.75 Å². The van der Waals surface area contributed by atoms with E-state index in [0.29, 0.717) is 0 Å². The Labute approximate surface area is 94.2 Å². The van der Waals surface area contributed by atoms with Gasteiger partial charge in [0.1, 0.15) is 17.4 Å². The van der Waals surface area contributed by atoms with E-state index in [4.69, 9.17) is 11.6 Å². The summed E-state index contributed by atoms with van der Waals surface area (Å²) in [5.41, 5.74) is -0.189. The molecule has 0 heterocycles. The summed E-state index contributed by atoms with van der Waals surface area (Å²) in [5, 5.41) is 2.14. The maximum Gasteiger partial charge on any atom is 0.387 e. The lowest BCUT2D eigenvalue weighted by atomic mass is 10.3. The Morgan fingerprint density at radius 1 is 1.50 bits per heavy atom. The minimum absolute atomic E-state index is 0.189. The van der Waals surface area contributed by atoms with Gasteiger partial charge in [0.25, 0.3) is 0 Å². The second kappa shape index (κ2) is 5.60. The van der Waals surface area contributed by atoms with Gasteiger partial charge in [-0.2, -0.15) is 8.78 Å². The zero-order valence-electron chi connectivity index (χ0n) is 7.84. The molecule has 1 N–H and O–H groups in total. The zero-order chi connectivity index (χ0) is 12.1. The topological polar surface area (TPSA) is 38.3 Å². The third-order valence-corrected chi connectivity index (χ3v) is 1.80. The van der Waals surface area contributed by atoms with Crippen molar-refractivity contribution in [3.05, 3.63) is 24.0 Å². The van der Waals surface area contributed by atoms with E-state index in [1.807, 2.05) is 0 Å². The summed E-state index contributed by atoms with van der Waals surface area (Å²) in [7, 11) is 0. The molecule has 0 saturated heterocycles. The van der Waals surface area contributed by atoms with Gasteiger partial charge in [-0.1, -0.05) is 0 Å². The number of hydrogen-bond acceptors (Lipinski definition) is 2. The van der Waals surface area contributed by atoms with Gasteiger partial charge in [0.2, 0.25) is 5.91 Å². The molecular formula is C9H7ClF3NO2. The van der Waals surface area contributed by atoms with Crippen molar-refractivity contribution >= 4 is 23.2 Å². The van der Waals surface area contributed by atoms with Crippen LogP contribution in [0.1, 0.15) is 0 Å². The Morgan fingerprint density at radius 3 is 2.75 bits per heavy atom. The first-order valence-electron chi connectivity index (χ1n) is 4.13. The number of benzene rings is 1. The van der Waals surface area contributed by atoms with Gasteiger partial charge in [-0.3, -0.25) is 4.79 Å². The number of carbonyl (C=O) groups excluding carboxylic acids is 1. The number of hydrogen-bond donors (Lipinski definition) is 1. The van der Waals surface area contributed by atoms with Crippen LogP contribution in [0.25, 0.3) is 0 Å². The highest BCUT2D eigenvalue weighted by Crippen LogP contribution is 2.26. The predicted molar refractivity (Wildman–Crippen MR) is 52.4 cm³/mol. The van der Waals surface area contributed by atoms with E-state index in [0.717, 1.165) is 18.2 Å². The van der Waals surface area contributed by atoms with Crippen molar-refractivity contribution in [2.45, 2.75) is 6.61 Å². The molecule has 0 spiro atoms. The highest BCUT2D eigenvalue weighted by molar-refractivity contribution is 6.29. The summed E-state index contributed by atoms with van der Waals surface area (Å²) in [6, 6.07) is 2.79. The van der Waals surface area contributed by atoms with E-state index in [2.05, 4.69) is 10.1 Å². The van der Waals surface area contributed by atoms with Crippen LogP contribution in [0.15, 0.2) is 18.2 Å². The number of carbonyl (C=O) groups is 1. The van der Waals surface area contributed by atoms with E-state index in [9.17, 15) is 18.0 Å². The zero-order valence-corrected chi connectivity index (χ0v) is 8.60. The lowest BCUT2D eigenvalue weighted by Gasteiger charge is -2.11. The Balaban J connectivity index is 2.93. The van der Waals surface area contributed by atoms with Gasteiger partial charge >= 0.3 is 6.61 Å². The second-order valence-corrected chi connectivity index (χ2v) is 2.97. The van der Waals surface area contributed by atoms with Crippen molar-refractivity contribution in [2.75, 3.05) is 11.2 Å². The standard InChI is InChI=1S/C9H7ClF3NO2/c10-4-8(15)14-6-3-5(11)1-2-7(6)16-9(12)13/h1-3,9H,4H2,(H,14,15). The fourth-order valence-corrected chi connectivity index (χ4v) is 1.05. The van der Waals surface area contributed by atoms with E-state index in [-0.39, 0.29) is 17.3 Å². The number of amides is 1. The molecule has 0 atom stereocenters. The molecule has 7 heteroatoms. The Kier molecular flexibility index (Phi) is 4.42. The lowest BCUT2D eigenvalue weighted by Crippen LogP contribution is -2.14. The summed E-state index contributed by atoms with van der Waals surface area (Å²) in [6.45, 7) is -3.06. The average molecular weight is 254 g/mol. The van der Waals surface area contributed by atoms with Crippen LogP contribution in [0.4, 0.5) is 18.9 Å². The molecule has 0 aliphatic heterocycles. The Bertz CT molecular complexity index is 387. The lowest BCUT2D eigenvalue weighted by molar-refractivity contribution is -0.114. The maximum atomic E-state index is 12.8. The number of anilines is 1. The van der Waals surface area contributed by atoms with Crippen LogP contribution in [0.2, 0.25) is 0 Å². The van der Waals surface area contributed by atoms with Crippen LogP contribution < -0.4 is 10.1 Å². The molecular weight excluding hydrogens is 247 g/mol. The molecule has 1 amide bonds. The fraction of sp³-hybridized carbons (Fsp3) is 0.222. The molecule has 0 bridgehead atoms. The smallest absolute Gasteiger partial charge is 0.387 e. The SMILES string of the molecule is O=C(CCl)Nc1cc(F)ccc1OC(F)F. The minimum Gasteiger partial charge on any atom is -0.433 e. The molecule has 3 nitrogen and oxygen atoms in total. The van der Waals surface area contributed by atoms with E-state index in [1.54, 1.807) is 0 Å². The third-order valence-electron chi connectivity index (χ3n) is 1.55. The van der Waals surface area contributed by atoms with Crippen LogP contribution in [-0.2, 0) is 4.79 Å². The van der Waals surface area contributed by atoms with Gasteiger partial charge < -0.3 is 10.1 Å². The van der Waals surface area contributed by atoms with Crippen LogP contribution in [0.3, 0.4) is 0 Å². The van der Waals surface area contributed by atoms with Gasteiger partial charge in [-0.25, -0.2) is 4.39 Å². The molecule has 0 aliphatic carbocycles. The highest BCUT2D eigenvalue weighted by Gasteiger charge is 2.12. The van der Waals surface area contributed by atoms with Gasteiger partial charge in [0.05, 0.1) is 5.69 Å². The third kappa shape index (κ3) is 3.62. The van der Waals surface area contributed by atoms with Crippen molar-refractivity contribution in [3.63, 3.8) is 0 Å². The van der Waals surface area contributed by atoms with Crippen molar-refractivity contribution in [1.82, 2.24) is 0 Å². The van der Waals surface area contributed by atoms with Gasteiger partial charge in [0.15, 0.2) is 0 Å². The number of nitrogens with one attached hydrogen (secondary N) is 1. The molecule has 0 fully saturated rings. The quantitative estimate of drug-likeness (QED) is 0.838. The number of halogens is 4. The van der Waals surface area contributed by atoms with Gasteiger partial charge in [0, 0.05) is 6.07 Å². The molecule has 0 aliphatic rings. The molecule has 0 saturated carbocycles. The molecule has 1 aromatic carbocycles. The monoisotopic (exact) mass is 253 g/mol. The number of ether oxygens (including phenoxy) is 1. The number of alkyl halides is 3. The Morgan fingerprint density at radius 2 is 2.19 bits per heavy atom. The van der Waals surface area contributed by atoms with Crippen molar-refractivity contribution in [3.8, 4) is 5.75 Å². The highest BCUT2D eigenvalue weighted by atomic mass is 35.5. The second-order valence-electron chi connectivity index (χ2n) is 2.70. The first kappa shape index (κ1) is 12.6. The van der Waals surface area contributed by atoms with Crippen LogP contribution in [0, 0.1) is 5.82 Å². The molecule has 0 aromatic heterocycles. The Hall–Kier alpha value is -1.43. The molecule has 1 aromatic rings. The summed E-state index contributed by atoms with van der Waals surface area (Å²) in [6.07, 6.45) is 0. The van der Waals surface area contributed by atoms with Gasteiger partial charge in [-0.05, 0) is 12.1 Å². The van der Waals surface area contributed by atoms with E-state index >= 15 is 0 Å². The largest absolute Gasteiger partial charge is 0.433 e. The molecule has 1 rings (SSSR count). The minimum atomic E-state index is -3.06.